The second kappa shape index (κ2) is 4.77. The van der Waals surface area contributed by atoms with Gasteiger partial charge in [-0.2, -0.15) is 0 Å². The Balaban J connectivity index is 1.99. The minimum Gasteiger partial charge on any atom is -0.390 e. The maximum atomic E-state index is 11.9. The maximum absolute atomic E-state index is 11.9. The molecule has 0 bridgehead atoms. The van der Waals surface area contributed by atoms with E-state index in [9.17, 15) is 8.42 Å². The Morgan fingerprint density at radius 1 is 1.59 bits per heavy atom. The molecule has 1 fully saturated rings. The minimum absolute atomic E-state index is 0.0579. The third-order valence-corrected chi connectivity index (χ3v) is 4.45. The first-order chi connectivity index (χ1) is 8.05. The van der Waals surface area contributed by atoms with Gasteiger partial charge in [0.1, 0.15) is 0 Å². The molecule has 1 aromatic rings. The molecule has 1 saturated carbocycles. The smallest absolute Gasteiger partial charge is 0.242 e. The number of aromatic amines is 1. The molecule has 96 valence electrons. The molecule has 1 heterocycles. The van der Waals surface area contributed by atoms with Crippen LogP contribution in [-0.2, 0) is 21.4 Å². The standard InChI is InChI=1S/C10H16N2O4S/c1-16-9-2-7(3-9)12-17(14,15)10-4-8(6-13)11-5-10/h4-5,7,9,11-13H,2-3,6H2,1H3. The fourth-order valence-electron chi connectivity index (χ4n) is 1.81. The van der Waals surface area contributed by atoms with E-state index in [4.69, 9.17) is 9.84 Å². The average Bonchev–Trinajstić information content (AvgIpc) is 2.71. The van der Waals surface area contributed by atoms with Gasteiger partial charge < -0.3 is 14.8 Å². The minimum atomic E-state index is -3.49. The molecule has 1 aliphatic carbocycles. The van der Waals surface area contributed by atoms with Crippen LogP contribution < -0.4 is 4.72 Å². The van der Waals surface area contributed by atoms with Gasteiger partial charge in [-0.25, -0.2) is 13.1 Å². The van der Waals surface area contributed by atoms with Gasteiger partial charge in [0.2, 0.25) is 10.0 Å². The fourth-order valence-corrected chi connectivity index (χ4v) is 3.09. The number of aromatic nitrogens is 1. The number of methoxy groups -OCH3 is 1. The number of aliphatic hydroxyl groups excluding tert-OH is 1. The van der Waals surface area contributed by atoms with Crippen LogP contribution in [0, 0.1) is 0 Å². The van der Waals surface area contributed by atoms with E-state index in [1.54, 1.807) is 7.11 Å². The van der Waals surface area contributed by atoms with Crippen molar-refractivity contribution >= 4 is 10.0 Å². The summed E-state index contributed by atoms with van der Waals surface area (Å²) in [5.74, 6) is 0. The van der Waals surface area contributed by atoms with Crippen LogP contribution in [0.15, 0.2) is 17.2 Å². The normalized spacial score (nSPS) is 24.6. The zero-order valence-electron chi connectivity index (χ0n) is 9.51. The molecule has 0 unspecified atom stereocenters. The third-order valence-electron chi connectivity index (χ3n) is 2.95. The number of sulfonamides is 1. The molecule has 0 aliphatic heterocycles. The summed E-state index contributed by atoms with van der Waals surface area (Å²) in [6, 6.07) is 1.37. The highest BCUT2D eigenvalue weighted by Crippen LogP contribution is 2.24. The van der Waals surface area contributed by atoms with Crippen LogP contribution in [0.25, 0.3) is 0 Å². The number of nitrogens with one attached hydrogen (secondary N) is 2. The van der Waals surface area contributed by atoms with Crippen molar-refractivity contribution in [2.45, 2.75) is 36.5 Å². The van der Waals surface area contributed by atoms with E-state index >= 15 is 0 Å². The second-order valence-corrected chi connectivity index (χ2v) is 5.88. The first-order valence-electron chi connectivity index (χ1n) is 5.38. The van der Waals surface area contributed by atoms with E-state index in [0.717, 1.165) is 0 Å². The number of aliphatic hydroxyl groups is 1. The molecule has 1 aliphatic rings. The van der Waals surface area contributed by atoms with Crippen molar-refractivity contribution < 1.29 is 18.3 Å². The van der Waals surface area contributed by atoms with Crippen LogP contribution >= 0.6 is 0 Å². The molecule has 0 aromatic carbocycles. The lowest BCUT2D eigenvalue weighted by atomic mass is 9.90. The molecule has 0 radical (unpaired) electrons. The van der Waals surface area contributed by atoms with Gasteiger partial charge >= 0.3 is 0 Å². The predicted octanol–water partition coefficient (Wildman–Crippen LogP) is -0.0373. The van der Waals surface area contributed by atoms with Gasteiger partial charge in [-0.15, -0.1) is 0 Å². The Morgan fingerprint density at radius 3 is 2.82 bits per heavy atom. The summed E-state index contributed by atoms with van der Waals surface area (Å²) in [6.07, 6.45) is 2.93. The molecule has 6 nitrogen and oxygen atoms in total. The summed E-state index contributed by atoms with van der Waals surface area (Å²) >= 11 is 0. The Hall–Kier alpha value is -0.890. The van der Waals surface area contributed by atoms with Crippen LogP contribution in [0.2, 0.25) is 0 Å². The largest absolute Gasteiger partial charge is 0.390 e. The van der Waals surface area contributed by atoms with Crippen molar-refractivity contribution in [3.05, 3.63) is 18.0 Å². The molecular weight excluding hydrogens is 244 g/mol. The van der Waals surface area contributed by atoms with E-state index in [2.05, 4.69) is 9.71 Å². The molecule has 0 atom stereocenters. The van der Waals surface area contributed by atoms with Crippen LogP contribution in [-0.4, -0.2) is 37.8 Å². The second-order valence-electron chi connectivity index (χ2n) is 4.17. The maximum Gasteiger partial charge on any atom is 0.242 e. The molecule has 2 rings (SSSR count). The van der Waals surface area contributed by atoms with Gasteiger partial charge in [0.15, 0.2) is 0 Å². The Labute approximate surface area is 100 Å². The van der Waals surface area contributed by atoms with Gasteiger partial charge in [0.25, 0.3) is 0 Å². The molecule has 0 spiro atoms. The van der Waals surface area contributed by atoms with Crippen molar-refractivity contribution in [3.63, 3.8) is 0 Å². The van der Waals surface area contributed by atoms with Crippen molar-refractivity contribution in [3.8, 4) is 0 Å². The summed E-state index contributed by atoms with van der Waals surface area (Å²) in [6.45, 7) is -0.204. The van der Waals surface area contributed by atoms with Crippen molar-refractivity contribution in [1.82, 2.24) is 9.71 Å². The monoisotopic (exact) mass is 260 g/mol. The lowest BCUT2D eigenvalue weighted by Crippen LogP contribution is -2.47. The first-order valence-corrected chi connectivity index (χ1v) is 6.86. The summed E-state index contributed by atoms with van der Waals surface area (Å²) in [4.78, 5) is 2.85. The van der Waals surface area contributed by atoms with Gasteiger partial charge in [0, 0.05) is 25.0 Å². The highest BCUT2D eigenvalue weighted by molar-refractivity contribution is 7.89. The molecular formula is C10H16N2O4S. The van der Waals surface area contributed by atoms with Gasteiger partial charge in [0.05, 0.1) is 17.6 Å². The lowest BCUT2D eigenvalue weighted by Gasteiger charge is -2.34. The zero-order valence-corrected chi connectivity index (χ0v) is 10.3. The van der Waals surface area contributed by atoms with Gasteiger partial charge in [-0.3, -0.25) is 0 Å². The predicted molar refractivity (Wildman–Crippen MR) is 60.9 cm³/mol. The topological polar surface area (TPSA) is 91.4 Å². The van der Waals surface area contributed by atoms with E-state index in [-0.39, 0.29) is 23.6 Å². The van der Waals surface area contributed by atoms with E-state index < -0.39 is 10.0 Å². The summed E-state index contributed by atoms with van der Waals surface area (Å²) in [7, 11) is -1.87. The molecule has 17 heavy (non-hydrogen) atoms. The molecule has 0 amide bonds. The lowest BCUT2D eigenvalue weighted by molar-refractivity contribution is 0.0236. The number of hydrogen-bond acceptors (Lipinski definition) is 4. The fraction of sp³-hybridized carbons (Fsp3) is 0.600. The van der Waals surface area contributed by atoms with E-state index in [1.807, 2.05) is 0 Å². The average molecular weight is 260 g/mol. The molecule has 0 saturated heterocycles. The zero-order chi connectivity index (χ0) is 12.5. The van der Waals surface area contributed by atoms with Crippen LogP contribution in [0.5, 0.6) is 0 Å². The molecule has 3 N–H and O–H groups in total. The Kier molecular flexibility index (Phi) is 3.53. The first kappa shape index (κ1) is 12.6. The highest BCUT2D eigenvalue weighted by Gasteiger charge is 2.32. The quantitative estimate of drug-likeness (QED) is 0.693. The van der Waals surface area contributed by atoms with Gasteiger partial charge in [-0.05, 0) is 18.9 Å². The van der Waals surface area contributed by atoms with E-state index in [0.29, 0.717) is 18.5 Å². The third kappa shape index (κ3) is 2.68. The van der Waals surface area contributed by atoms with Crippen molar-refractivity contribution in [2.24, 2.45) is 0 Å². The number of hydrogen-bond donors (Lipinski definition) is 3. The Bertz CT molecular complexity index is 476. The summed E-state index contributed by atoms with van der Waals surface area (Å²) in [5.41, 5.74) is 0.480. The molecule has 7 heteroatoms. The summed E-state index contributed by atoms with van der Waals surface area (Å²) in [5, 5.41) is 8.86. The Morgan fingerprint density at radius 2 is 2.29 bits per heavy atom. The van der Waals surface area contributed by atoms with Crippen LogP contribution in [0.1, 0.15) is 18.5 Å². The number of rotatable bonds is 5. The van der Waals surface area contributed by atoms with Crippen molar-refractivity contribution in [2.75, 3.05) is 7.11 Å². The summed E-state index contributed by atoms with van der Waals surface area (Å²) < 4.78 is 31.5. The molecule has 1 aromatic heterocycles. The SMILES string of the molecule is COC1CC(NS(=O)(=O)c2c[nH]c(CO)c2)C1. The van der Waals surface area contributed by atoms with Crippen LogP contribution in [0.3, 0.4) is 0 Å². The van der Waals surface area contributed by atoms with Gasteiger partial charge in [-0.1, -0.05) is 0 Å². The van der Waals surface area contributed by atoms with Crippen LogP contribution in [0.4, 0.5) is 0 Å². The highest BCUT2D eigenvalue weighted by atomic mass is 32.2. The van der Waals surface area contributed by atoms with Crippen molar-refractivity contribution in [1.29, 1.82) is 0 Å². The van der Waals surface area contributed by atoms with E-state index in [1.165, 1.54) is 12.3 Å². The number of ether oxygens (including phenoxy) is 1. The number of H-pyrrole nitrogens is 1.